The number of ether oxygens (including phenoxy) is 1. The van der Waals surface area contributed by atoms with Gasteiger partial charge in [0.2, 0.25) is 10.0 Å². The molecule has 0 bridgehead atoms. The van der Waals surface area contributed by atoms with Gasteiger partial charge >= 0.3 is 5.97 Å². The Hall–Kier alpha value is -1.15. The Morgan fingerprint density at radius 1 is 1.50 bits per heavy atom. The predicted molar refractivity (Wildman–Crippen MR) is 72.6 cm³/mol. The van der Waals surface area contributed by atoms with Gasteiger partial charge in [-0.2, -0.15) is 4.31 Å². The van der Waals surface area contributed by atoms with Crippen LogP contribution in [-0.4, -0.2) is 49.6 Å². The van der Waals surface area contributed by atoms with Gasteiger partial charge in [0.05, 0.1) is 28.2 Å². The summed E-state index contributed by atoms with van der Waals surface area (Å²) < 4.78 is 31.5. The minimum absolute atomic E-state index is 0.00629. The highest BCUT2D eigenvalue weighted by atomic mass is 35.5. The molecule has 0 saturated carbocycles. The van der Waals surface area contributed by atoms with Gasteiger partial charge in [0.15, 0.2) is 0 Å². The number of benzene rings is 1. The van der Waals surface area contributed by atoms with E-state index in [1.807, 2.05) is 0 Å². The van der Waals surface area contributed by atoms with Gasteiger partial charge in [0.25, 0.3) is 0 Å². The van der Waals surface area contributed by atoms with Crippen molar-refractivity contribution in [2.24, 2.45) is 0 Å². The molecule has 2 rings (SSSR count). The highest BCUT2D eigenvalue weighted by molar-refractivity contribution is 7.89. The molecule has 0 radical (unpaired) electrons. The van der Waals surface area contributed by atoms with Gasteiger partial charge in [-0.3, -0.25) is 0 Å². The van der Waals surface area contributed by atoms with Gasteiger partial charge < -0.3 is 9.84 Å². The van der Waals surface area contributed by atoms with Crippen molar-refractivity contribution in [3.05, 3.63) is 28.8 Å². The first kappa shape index (κ1) is 15.2. The first-order valence-corrected chi connectivity index (χ1v) is 7.79. The number of hydrogen-bond acceptors (Lipinski definition) is 4. The third-order valence-electron chi connectivity index (χ3n) is 3.01. The molecule has 0 spiro atoms. The Kier molecular flexibility index (Phi) is 4.33. The van der Waals surface area contributed by atoms with Gasteiger partial charge in [0.1, 0.15) is 0 Å². The van der Waals surface area contributed by atoms with Gasteiger partial charge in [0, 0.05) is 13.1 Å². The van der Waals surface area contributed by atoms with E-state index in [9.17, 15) is 13.2 Å². The van der Waals surface area contributed by atoms with Crippen LogP contribution in [0.25, 0.3) is 0 Å². The molecule has 0 aromatic heterocycles. The Bertz CT molecular complexity index is 631. The number of aromatic carboxylic acids is 1. The van der Waals surface area contributed by atoms with Crippen molar-refractivity contribution < 1.29 is 23.1 Å². The summed E-state index contributed by atoms with van der Waals surface area (Å²) in [5, 5.41) is 9.00. The number of carboxylic acid groups (broad SMARTS) is 1. The molecule has 1 heterocycles. The lowest BCUT2D eigenvalue weighted by Crippen LogP contribution is -2.44. The SMILES string of the molecule is CC1CN(S(=O)(=O)c2ccc(Cl)c(C(=O)O)c2)CCO1. The zero-order valence-electron chi connectivity index (χ0n) is 10.7. The van der Waals surface area contributed by atoms with E-state index in [4.69, 9.17) is 21.4 Å². The van der Waals surface area contributed by atoms with Crippen LogP contribution in [0, 0.1) is 0 Å². The third-order valence-corrected chi connectivity index (χ3v) is 5.20. The van der Waals surface area contributed by atoms with Crippen LogP contribution in [0.5, 0.6) is 0 Å². The van der Waals surface area contributed by atoms with Gasteiger partial charge in [-0.25, -0.2) is 13.2 Å². The van der Waals surface area contributed by atoms with E-state index < -0.39 is 16.0 Å². The molecule has 1 aromatic carbocycles. The van der Waals surface area contributed by atoms with E-state index in [2.05, 4.69) is 0 Å². The maximum absolute atomic E-state index is 12.5. The molecular weight excluding hydrogens is 306 g/mol. The monoisotopic (exact) mass is 319 g/mol. The van der Waals surface area contributed by atoms with Gasteiger partial charge in [-0.05, 0) is 25.1 Å². The van der Waals surface area contributed by atoms with E-state index >= 15 is 0 Å². The molecule has 110 valence electrons. The smallest absolute Gasteiger partial charge is 0.337 e. The van der Waals surface area contributed by atoms with Crippen molar-refractivity contribution in [3.8, 4) is 0 Å². The van der Waals surface area contributed by atoms with Crippen LogP contribution in [0.15, 0.2) is 23.1 Å². The third kappa shape index (κ3) is 2.95. The van der Waals surface area contributed by atoms with Crippen molar-refractivity contribution in [2.75, 3.05) is 19.7 Å². The molecule has 1 atom stereocenters. The first-order valence-electron chi connectivity index (χ1n) is 5.97. The second-order valence-electron chi connectivity index (χ2n) is 4.49. The second-order valence-corrected chi connectivity index (χ2v) is 6.84. The fraction of sp³-hybridized carbons (Fsp3) is 0.417. The summed E-state index contributed by atoms with van der Waals surface area (Å²) >= 11 is 5.74. The normalized spacial score (nSPS) is 20.8. The summed E-state index contributed by atoms with van der Waals surface area (Å²) in [7, 11) is -3.74. The maximum atomic E-state index is 12.5. The van der Waals surface area contributed by atoms with Crippen LogP contribution in [0.1, 0.15) is 17.3 Å². The fourth-order valence-electron chi connectivity index (χ4n) is 1.98. The fourth-order valence-corrected chi connectivity index (χ4v) is 3.71. The summed E-state index contributed by atoms with van der Waals surface area (Å²) in [5.74, 6) is -1.26. The van der Waals surface area contributed by atoms with Crippen LogP contribution >= 0.6 is 11.6 Å². The molecule has 20 heavy (non-hydrogen) atoms. The highest BCUT2D eigenvalue weighted by Gasteiger charge is 2.30. The number of morpholine rings is 1. The topological polar surface area (TPSA) is 83.9 Å². The lowest BCUT2D eigenvalue weighted by Gasteiger charge is -2.30. The average Bonchev–Trinajstić information content (AvgIpc) is 2.38. The molecule has 0 aliphatic carbocycles. The van der Waals surface area contributed by atoms with E-state index in [1.54, 1.807) is 6.92 Å². The zero-order valence-corrected chi connectivity index (χ0v) is 12.3. The van der Waals surface area contributed by atoms with Crippen LogP contribution in [-0.2, 0) is 14.8 Å². The molecule has 1 fully saturated rings. The lowest BCUT2D eigenvalue weighted by molar-refractivity contribution is 0.0102. The van der Waals surface area contributed by atoms with Crippen molar-refractivity contribution >= 4 is 27.6 Å². The van der Waals surface area contributed by atoms with Crippen molar-refractivity contribution in [1.29, 1.82) is 0 Å². The largest absolute Gasteiger partial charge is 0.478 e. The molecule has 6 nitrogen and oxygen atoms in total. The molecule has 1 unspecified atom stereocenters. The molecular formula is C12H14ClNO5S. The molecule has 1 aliphatic rings. The number of rotatable bonds is 3. The zero-order chi connectivity index (χ0) is 14.9. The standard InChI is InChI=1S/C12H14ClNO5S/c1-8-7-14(4-5-19-8)20(17,18)9-2-3-11(13)10(6-9)12(15)16/h2-3,6,8H,4-5,7H2,1H3,(H,15,16). The molecule has 1 saturated heterocycles. The Labute approximate surface area is 122 Å². The Morgan fingerprint density at radius 3 is 2.80 bits per heavy atom. The average molecular weight is 320 g/mol. The van der Waals surface area contributed by atoms with Crippen molar-refractivity contribution in [1.82, 2.24) is 4.31 Å². The first-order chi connectivity index (χ1) is 9.32. The van der Waals surface area contributed by atoms with Crippen LogP contribution in [0.3, 0.4) is 0 Å². The quantitative estimate of drug-likeness (QED) is 0.911. The Balaban J connectivity index is 2.39. The lowest BCUT2D eigenvalue weighted by atomic mass is 10.2. The number of carboxylic acids is 1. The molecule has 1 aliphatic heterocycles. The van der Waals surface area contributed by atoms with E-state index in [0.29, 0.717) is 6.61 Å². The number of sulfonamides is 1. The predicted octanol–water partition coefficient (Wildman–Crippen LogP) is 1.45. The van der Waals surface area contributed by atoms with E-state index in [1.165, 1.54) is 16.4 Å². The minimum Gasteiger partial charge on any atom is -0.478 e. The van der Waals surface area contributed by atoms with Gasteiger partial charge in [-0.15, -0.1) is 0 Å². The molecule has 0 amide bonds. The minimum atomic E-state index is -3.74. The van der Waals surface area contributed by atoms with Gasteiger partial charge in [-0.1, -0.05) is 11.6 Å². The summed E-state index contributed by atoms with van der Waals surface area (Å²) in [4.78, 5) is 10.9. The van der Waals surface area contributed by atoms with Crippen LogP contribution < -0.4 is 0 Å². The summed E-state index contributed by atoms with van der Waals surface area (Å²) in [6, 6.07) is 3.67. The summed E-state index contributed by atoms with van der Waals surface area (Å²) in [6.45, 7) is 2.59. The number of carbonyl (C=O) groups is 1. The molecule has 8 heteroatoms. The maximum Gasteiger partial charge on any atom is 0.337 e. The van der Waals surface area contributed by atoms with Crippen LogP contribution in [0.4, 0.5) is 0 Å². The number of hydrogen-bond donors (Lipinski definition) is 1. The number of halogens is 1. The van der Waals surface area contributed by atoms with Crippen molar-refractivity contribution in [3.63, 3.8) is 0 Å². The molecule has 1 aromatic rings. The second kappa shape index (κ2) is 5.69. The summed E-state index contributed by atoms with van der Waals surface area (Å²) in [5.41, 5.74) is -0.228. The number of nitrogens with zero attached hydrogens (tertiary/aromatic N) is 1. The van der Waals surface area contributed by atoms with E-state index in [-0.39, 0.29) is 34.7 Å². The Morgan fingerprint density at radius 2 is 2.20 bits per heavy atom. The highest BCUT2D eigenvalue weighted by Crippen LogP contribution is 2.24. The van der Waals surface area contributed by atoms with Crippen LogP contribution in [0.2, 0.25) is 5.02 Å². The summed E-state index contributed by atoms with van der Waals surface area (Å²) in [6.07, 6.45) is -0.190. The van der Waals surface area contributed by atoms with E-state index in [0.717, 1.165) is 6.07 Å². The van der Waals surface area contributed by atoms with Crippen molar-refractivity contribution in [2.45, 2.75) is 17.9 Å². The molecule has 1 N–H and O–H groups in total.